The molecule has 88 valence electrons. The van der Waals surface area contributed by atoms with Crippen molar-refractivity contribution in [1.82, 2.24) is 0 Å². The predicted octanol–water partition coefficient (Wildman–Crippen LogP) is 4.16. The summed E-state index contributed by atoms with van der Waals surface area (Å²) in [5.74, 6) is 0.140. The number of hydrogen-bond donors (Lipinski definition) is 0. The highest BCUT2D eigenvalue weighted by molar-refractivity contribution is 7.14. The van der Waals surface area contributed by atoms with Crippen molar-refractivity contribution < 1.29 is 4.79 Å². The molecule has 1 aromatic carbocycles. The molecule has 0 aliphatic rings. The van der Waals surface area contributed by atoms with Crippen LogP contribution in [0.15, 0.2) is 30.3 Å². The third-order valence-electron chi connectivity index (χ3n) is 2.72. The van der Waals surface area contributed by atoms with Gasteiger partial charge in [0.1, 0.15) is 0 Å². The molecular formula is C15H16OS. The zero-order chi connectivity index (χ0) is 12.4. The number of thiophene rings is 1. The maximum atomic E-state index is 12.3. The predicted molar refractivity (Wildman–Crippen MR) is 73.0 cm³/mol. The van der Waals surface area contributed by atoms with E-state index in [9.17, 15) is 4.79 Å². The third-order valence-corrected chi connectivity index (χ3v) is 3.95. The van der Waals surface area contributed by atoms with Crippen LogP contribution in [0, 0.1) is 13.8 Å². The largest absolute Gasteiger partial charge is 0.288 e. The van der Waals surface area contributed by atoms with Crippen LogP contribution in [-0.4, -0.2) is 5.78 Å². The van der Waals surface area contributed by atoms with Crippen molar-refractivity contribution in [3.8, 4) is 0 Å². The molecule has 0 N–H and O–H groups in total. The lowest BCUT2D eigenvalue weighted by Gasteiger charge is -2.02. The van der Waals surface area contributed by atoms with Gasteiger partial charge >= 0.3 is 0 Å². The third kappa shape index (κ3) is 2.64. The molecule has 0 saturated carbocycles. The van der Waals surface area contributed by atoms with Crippen LogP contribution in [0.4, 0.5) is 0 Å². The summed E-state index contributed by atoms with van der Waals surface area (Å²) in [4.78, 5) is 14.4. The lowest BCUT2D eigenvalue weighted by atomic mass is 10.0. The van der Waals surface area contributed by atoms with Gasteiger partial charge in [0.15, 0.2) is 0 Å². The first-order chi connectivity index (χ1) is 8.10. The Labute approximate surface area is 106 Å². The normalized spacial score (nSPS) is 10.5. The molecular weight excluding hydrogens is 228 g/mol. The number of carbonyl (C=O) groups excluding carboxylic acids is 1. The van der Waals surface area contributed by atoms with Crippen molar-refractivity contribution >= 4 is 17.1 Å². The number of benzene rings is 1. The van der Waals surface area contributed by atoms with Gasteiger partial charge in [0.25, 0.3) is 0 Å². The Morgan fingerprint density at radius 3 is 2.29 bits per heavy atom. The van der Waals surface area contributed by atoms with Crippen LogP contribution in [0.25, 0.3) is 0 Å². The first-order valence-electron chi connectivity index (χ1n) is 5.82. The molecule has 0 bridgehead atoms. The number of ketones is 1. The van der Waals surface area contributed by atoms with Crippen LogP contribution >= 0.6 is 11.3 Å². The molecule has 0 unspecified atom stereocenters. The van der Waals surface area contributed by atoms with Gasteiger partial charge in [-0.1, -0.05) is 24.1 Å². The van der Waals surface area contributed by atoms with Gasteiger partial charge < -0.3 is 0 Å². The van der Waals surface area contributed by atoms with E-state index in [0.717, 1.165) is 28.0 Å². The summed E-state index contributed by atoms with van der Waals surface area (Å²) in [6.07, 6.45) is 0.991. The molecule has 2 aromatic rings. The second kappa shape index (κ2) is 4.84. The Hall–Kier alpha value is -1.41. The average Bonchev–Trinajstić information content (AvgIpc) is 2.75. The number of hydrogen-bond acceptors (Lipinski definition) is 2. The molecule has 17 heavy (non-hydrogen) atoms. The van der Waals surface area contributed by atoms with E-state index in [1.54, 1.807) is 11.3 Å². The number of aryl methyl sites for hydroxylation is 3. The first kappa shape index (κ1) is 12.1. The highest BCUT2D eigenvalue weighted by Crippen LogP contribution is 2.21. The summed E-state index contributed by atoms with van der Waals surface area (Å²) >= 11 is 1.60. The molecule has 2 rings (SSSR count). The maximum absolute atomic E-state index is 12.3. The van der Waals surface area contributed by atoms with Gasteiger partial charge in [-0.2, -0.15) is 0 Å². The SMILES string of the molecule is CCc1ccc(C(=O)c2cc(C)cc(C)c2)s1. The zero-order valence-corrected chi connectivity index (χ0v) is 11.2. The van der Waals surface area contributed by atoms with E-state index in [1.165, 1.54) is 4.88 Å². The Bertz CT molecular complexity index is 532. The number of rotatable bonds is 3. The topological polar surface area (TPSA) is 17.1 Å². The van der Waals surface area contributed by atoms with E-state index in [1.807, 2.05) is 38.1 Å². The highest BCUT2D eigenvalue weighted by atomic mass is 32.1. The molecule has 0 fully saturated rings. The fourth-order valence-corrected chi connectivity index (χ4v) is 2.85. The first-order valence-corrected chi connectivity index (χ1v) is 6.63. The van der Waals surface area contributed by atoms with Gasteiger partial charge in [0.05, 0.1) is 4.88 Å². The fourth-order valence-electron chi connectivity index (χ4n) is 1.94. The van der Waals surface area contributed by atoms with Crippen LogP contribution in [0.1, 0.15) is 38.2 Å². The van der Waals surface area contributed by atoms with Gasteiger partial charge in [-0.15, -0.1) is 11.3 Å². The molecule has 0 radical (unpaired) electrons. The lowest BCUT2D eigenvalue weighted by Crippen LogP contribution is -1.99. The van der Waals surface area contributed by atoms with Gasteiger partial charge in [-0.05, 0) is 44.5 Å². The van der Waals surface area contributed by atoms with Gasteiger partial charge in [-0.25, -0.2) is 0 Å². The van der Waals surface area contributed by atoms with E-state index < -0.39 is 0 Å². The molecule has 0 atom stereocenters. The molecule has 2 heteroatoms. The lowest BCUT2D eigenvalue weighted by molar-refractivity contribution is 0.104. The molecule has 0 amide bonds. The van der Waals surface area contributed by atoms with E-state index in [-0.39, 0.29) is 5.78 Å². The van der Waals surface area contributed by atoms with Crippen LogP contribution < -0.4 is 0 Å². The van der Waals surface area contributed by atoms with Crippen molar-refractivity contribution in [3.63, 3.8) is 0 Å². The minimum Gasteiger partial charge on any atom is -0.288 e. The van der Waals surface area contributed by atoms with Crippen molar-refractivity contribution in [2.45, 2.75) is 27.2 Å². The maximum Gasteiger partial charge on any atom is 0.202 e. The quantitative estimate of drug-likeness (QED) is 0.741. The summed E-state index contributed by atoms with van der Waals surface area (Å²) < 4.78 is 0. The van der Waals surface area contributed by atoms with Crippen LogP contribution in [0.2, 0.25) is 0 Å². The zero-order valence-electron chi connectivity index (χ0n) is 10.4. The van der Waals surface area contributed by atoms with Crippen LogP contribution in [-0.2, 0) is 6.42 Å². The average molecular weight is 244 g/mol. The molecule has 1 nitrogen and oxygen atoms in total. The number of carbonyl (C=O) groups is 1. The summed E-state index contributed by atoms with van der Waals surface area (Å²) in [6, 6.07) is 9.98. The molecule has 0 saturated heterocycles. The molecule has 0 aliphatic heterocycles. The Kier molecular flexibility index (Phi) is 3.43. The van der Waals surface area contributed by atoms with Crippen molar-refractivity contribution in [2.24, 2.45) is 0 Å². The molecule has 0 aliphatic carbocycles. The highest BCUT2D eigenvalue weighted by Gasteiger charge is 2.12. The van der Waals surface area contributed by atoms with Gasteiger partial charge in [0.2, 0.25) is 5.78 Å². The summed E-state index contributed by atoms with van der Waals surface area (Å²) in [6.45, 7) is 6.16. The summed E-state index contributed by atoms with van der Waals surface area (Å²) in [5, 5.41) is 0. The van der Waals surface area contributed by atoms with E-state index in [4.69, 9.17) is 0 Å². The second-order valence-electron chi connectivity index (χ2n) is 4.33. The second-order valence-corrected chi connectivity index (χ2v) is 5.49. The fraction of sp³-hybridized carbons (Fsp3) is 0.267. The monoisotopic (exact) mass is 244 g/mol. The van der Waals surface area contributed by atoms with Crippen LogP contribution in [0.3, 0.4) is 0 Å². The minimum absolute atomic E-state index is 0.140. The molecule has 1 aromatic heterocycles. The van der Waals surface area contributed by atoms with Gasteiger partial charge in [0, 0.05) is 10.4 Å². The van der Waals surface area contributed by atoms with Crippen molar-refractivity contribution in [2.75, 3.05) is 0 Å². The summed E-state index contributed by atoms with van der Waals surface area (Å²) in [7, 11) is 0. The van der Waals surface area contributed by atoms with E-state index >= 15 is 0 Å². The smallest absolute Gasteiger partial charge is 0.202 e. The Morgan fingerprint density at radius 2 is 1.76 bits per heavy atom. The van der Waals surface area contributed by atoms with Crippen molar-refractivity contribution in [1.29, 1.82) is 0 Å². The van der Waals surface area contributed by atoms with Gasteiger partial charge in [-0.3, -0.25) is 4.79 Å². The minimum atomic E-state index is 0.140. The summed E-state index contributed by atoms with van der Waals surface area (Å²) in [5.41, 5.74) is 3.08. The van der Waals surface area contributed by atoms with E-state index in [2.05, 4.69) is 13.0 Å². The van der Waals surface area contributed by atoms with Crippen molar-refractivity contribution in [3.05, 3.63) is 56.8 Å². The Morgan fingerprint density at radius 1 is 1.12 bits per heavy atom. The van der Waals surface area contributed by atoms with E-state index in [0.29, 0.717) is 0 Å². The standard InChI is InChI=1S/C15H16OS/c1-4-13-5-6-14(17-13)15(16)12-8-10(2)7-11(3)9-12/h5-9H,4H2,1-3H3. The molecule has 1 heterocycles. The Balaban J connectivity index is 2.36. The van der Waals surface area contributed by atoms with Crippen LogP contribution in [0.5, 0.6) is 0 Å². The molecule has 0 spiro atoms.